The SMILES string of the molecule is N#Cc1ccc([N+](=O)[O-])c([C@H]2CCCN2)c1O. The molecule has 1 aromatic rings. The lowest BCUT2D eigenvalue weighted by Crippen LogP contribution is -2.15. The molecule has 6 nitrogen and oxygen atoms in total. The average molecular weight is 233 g/mol. The molecule has 0 spiro atoms. The number of aromatic hydroxyl groups is 1. The first-order valence-corrected chi connectivity index (χ1v) is 5.29. The molecule has 2 N–H and O–H groups in total. The van der Waals surface area contributed by atoms with Gasteiger partial charge in [0.1, 0.15) is 11.8 Å². The van der Waals surface area contributed by atoms with E-state index < -0.39 is 4.92 Å². The fourth-order valence-corrected chi connectivity index (χ4v) is 2.12. The van der Waals surface area contributed by atoms with Gasteiger partial charge in [-0.3, -0.25) is 10.1 Å². The van der Waals surface area contributed by atoms with Crippen LogP contribution in [0.4, 0.5) is 5.69 Å². The van der Waals surface area contributed by atoms with Gasteiger partial charge in [0.2, 0.25) is 0 Å². The van der Waals surface area contributed by atoms with Gasteiger partial charge < -0.3 is 10.4 Å². The number of nitro benzene ring substituents is 1. The number of phenols is 1. The molecule has 1 atom stereocenters. The fraction of sp³-hybridized carbons (Fsp3) is 0.364. The molecule has 1 aliphatic rings. The number of hydrogen-bond acceptors (Lipinski definition) is 5. The Kier molecular flexibility index (Phi) is 2.93. The summed E-state index contributed by atoms with van der Waals surface area (Å²) in [5.41, 5.74) is 0.159. The molecule has 0 radical (unpaired) electrons. The minimum Gasteiger partial charge on any atom is -0.506 e. The summed E-state index contributed by atoms with van der Waals surface area (Å²) in [5.74, 6) is -0.277. The molecule has 1 fully saturated rings. The van der Waals surface area contributed by atoms with Crippen LogP contribution in [0.5, 0.6) is 5.75 Å². The predicted octanol–water partition coefficient (Wildman–Crippen LogP) is 1.60. The van der Waals surface area contributed by atoms with E-state index in [-0.39, 0.29) is 28.6 Å². The van der Waals surface area contributed by atoms with Crippen LogP contribution in [0.15, 0.2) is 12.1 Å². The van der Waals surface area contributed by atoms with Crippen molar-refractivity contribution < 1.29 is 10.0 Å². The van der Waals surface area contributed by atoms with Gasteiger partial charge in [0.15, 0.2) is 0 Å². The Morgan fingerprint density at radius 1 is 1.59 bits per heavy atom. The standard InChI is InChI=1S/C11H11N3O3/c12-6-7-3-4-9(14(16)17)10(11(7)15)8-2-1-5-13-8/h3-4,8,13,15H,1-2,5H2/t8-/m1/s1. The van der Waals surface area contributed by atoms with Crippen molar-refractivity contribution in [3.63, 3.8) is 0 Å². The summed E-state index contributed by atoms with van der Waals surface area (Å²) in [6.07, 6.45) is 1.63. The molecule has 0 bridgehead atoms. The summed E-state index contributed by atoms with van der Waals surface area (Å²) >= 11 is 0. The zero-order valence-corrected chi connectivity index (χ0v) is 9.01. The van der Waals surface area contributed by atoms with Crippen LogP contribution >= 0.6 is 0 Å². The monoisotopic (exact) mass is 233 g/mol. The van der Waals surface area contributed by atoms with Crippen LogP contribution in [0.25, 0.3) is 0 Å². The zero-order chi connectivity index (χ0) is 12.4. The summed E-state index contributed by atoms with van der Waals surface area (Å²) in [4.78, 5) is 10.4. The van der Waals surface area contributed by atoms with Crippen LogP contribution in [0.1, 0.15) is 30.0 Å². The van der Waals surface area contributed by atoms with Gasteiger partial charge in [-0.1, -0.05) is 0 Å². The molecule has 1 saturated heterocycles. The highest BCUT2D eigenvalue weighted by Crippen LogP contribution is 2.38. The highest BCUT2D eigenvalue weighted by Gasteiger charge is 2.29. The molecule has 0 aliphatic carbocycles. The first-order chi connectivity index (χ1) is 8.15. The molecular weight excluding hydrogens is 222 g/mol. The maximum atomic E-state index is 10.9. The van der Waals surface area contributed by atoms with Crippen molar-refractivity contribution in [1.82, 2.24) is 5.32 Å². The van der Waals surface area contributed by atoms with Crippen molar-refractivity contribution in [3.8, 4) is 11.8 Å². The Hall–Kier alpha value is -2.13. The topological polar surface area (TPSA) is 99.2 Å². The lowest BCUT2D eigenvalue weighted by atomic mass is 9.99. The molecule has 0 unspecified atom stereocenters. The summed E-state index contributed by atoms with van der Waals surface area (Å²) in [5, 5.41) is 32.7. The fourth-order valence-electron chi connectivity index (χ4n) is 2.12. The number of nitrogens with one attached hydrogen (secondary N) is 1. The largest absolute Gasteiger partial charge is 0.506 e. The predicted molar refractivity (Wildman–Crippen MR) is 59.5 cm³/mol. The number of hydrogen-bond donors (Lipinski definition) is 2. The minimum atomic E-state index is -0.532. The van der Waals surface area contributed by atoms with Crippen LogP contribution in [-0.4, -0.2) is 16.6 Å². The van der Waals surface area contributed by atoms with Crippen molar-refractivity contribution >= 4 is 5.69 Å². The van der Waals surface area contributed by atoms with Gasteiger partial charge in [-0.25, -0.2) is 0 Å². The molecular formula is C11H11N3O3. The summed E-state index contributed by atoms with van der Waals surface area (Å²) in [6, 6.07) is 4.12. The normalized spacial score (nSPS) is 18.9. The molecule has 1 aliphatic heterocycles. The molecule has 0 aromatic heterocycles. The number of nitrogens with zero attached hydrogens (tertiary/aromatic N) is 2. The number of nitro groups is 1. The Morgan fingerprint density at radius 3 is 2.88 bits per heavy atom. The van der Waals surface area contributed by atoms with Crippen molar-refractivity contribution in [2.45, 2.75) is 18.9 Å². The highest BCUT2D eigenvalue weighted by molar-refractivity contribution is 5.58. The number of rotatable bonds is 2. The second-order valence-corrected chi connectivity index (χ2v) is 3.91. The number of nitriles is 1. The van der Waals surface area contributed by atoms with Crippen LogP contribution < -0.4 is 5.32 Å². The van der Waals surface area contributed by atoms with E-state index in [0.717, 1.165) is 19.4 Å². The second kappa shape index (κ2) is 4.39. The van der Waals surface area contributed by atoms with E-state index in [0.29, 0.717) is 0 Å². The van der Waals surface area contributed by atoms with E-state index in [9.17, 15) is 15.2 Å². The second-order valence-electron chi connectivity index (χ2n) is 3.91. The van der Waals surface area contributed by atoms with Gasteiger partial charge >= 0.3 is 0 Å². The summed E-state index contributed by atoms with van der Waals surface area (Å²) < 4.78 is 0. The Bertz CT molecular complexity index is 501. The van der Waals surface area contributed by atoms with Crippen molar-refractivity contribution in [1.29, 1.82) is 5.26 Å². The first-order valence-electron chi connectivity index (χ1n) is 5.29. The Balaban J connectivity index is 2.58. The lowest BCUT2D eigenvalue weighted by molar-refractivity contribution is -0.385. The summed E-state index contributed by atoms with van der Waals surface area (Å²) in [6.45, 7) is 0.762. The molecule has 6 heteroatoms. The highest BCUT2D eigenvalue weighted by atomic mass is 16.6. The van der Waals surface area contributed by atoms with Gasteiger partial charge in [-0.2, -0.15) is 5.26 Å². The average Bonchev–Trinajstić information content (AvgIpc) is 2.81. The number of benzene rings is 1. The van der Waals surface area contributed by atoms with Crippen LogP contribution in [0.3, 0.4) is 0 Å². The van der Waals surface area contributed by atoms with E-state index in [1.54, 1.807) is 0 Å². The van der Waals surface area contributed by atoms with Crippen LogP contribution in [-0.2, 0) is 0 Å². The lowest BCUT2D eigenvalue weighted by Gasteiger charge is -2.13. The van der Waals surface area contributed by atoms with Gasteiger partial charge in [-0.05, 0) is 25.5 Å². The van der Waals surface area contributed by atoms with E-state index in [1.165, 1.54) is 12.1 Å². The summed E-state index contributed by atoms with van der Waals surface area (Å²) in [7, 11) is 0. The van der Waals surface area contributed by atoms with Gasteiger partial charge in [0.05, 0.1) is 16.1 Å². The molecule has 88 valence electrons. The van der Waals surface area contributed by atoms with E-state index >= 15 is 0 Å². The zero-order valence-electron chi connectivity index (χ0n) is 9.01. The van der Waals surface area contributed by atoms with Crippen LogP contribution in [0.2, 0.25) is 0 Å². The molecule has 2 rings (SSSR count). The first kappa shape index (κ1) is 11.4. The Labute approximate surface area is 97.6 Å². The third kappa shape index (κ3) is 1.92. The third-order valence-electron chi connectivity index (χ3n) is 2.92. The minimum absolute atomic E-state index is 0.0688. The van der Waals surface area contributed by atoms with E-state index in [4.69, 9.17) is 5.26 Å². The van der Waals surface area contributed by atoms with E-state index in [1.807, 2.05) is 6.07 Å². The molecule has 0 saturated carbocycles. The van der Waals surface area contributed by atoms with Gasteiger partial charge in [0, 0.05) is 12.1 Å². The van der Waals surface area contributed by atoms with Crippen molar-refractivity contribution in [2.24, 2.45) is 0 Å². The Morgan fingerprint density at radius 2 is 2.35 bits per heavy atom. The smallest absolute Gasteiger partial charge is 0.277 e. The van der Waals surface area contributed by atoms with Gasteiger partial charge in [0.25, 0.3) is 5.69 Å². The van der Waals surface area contributed by atoms with E-state index in [2.05, 4.69) is 5.32 Å². The maximum absolute atomic E-state index is 10.9. The molecule has 1 heterocycles. The molecule has 1 aromatic carbocycles. The van der Waals surface area contributed by atoms with Crippen molar-refractivity contribution in [3.05, 3.63) is 33.4 Å². The van der Waals surface area contributed by atoms with Crippen molar-refractivity contribution in [2.75, 3.05) is 6.54 Å². The third-order valence-corrected chi connectivity index (χ3v) is 2.92. The van der Waals surface area contributed by atoms with Gasteiger partial charge in [-0.15, -0.1) is 0 Å². The maximum Gasteiger partial charge on any atom is 0.277 e. The van der Waals surface area contributed by atoms with Crippen LogP contribution in [0, 0.1) is 21.4 Å². The quantitative estimate of drug-likeness (QED) is 0.597. The number of phenolic OH excluding ortho intramolecular Hbond substituents is 1. The molecule has 17 heavy (non-hydrogen) atoms. The molecule has 0 amide bonds.